The average Bonchev–Trinajstić information content (AvgIpc) is 2.47. The van der Waals surface area contributed by atoms with Gasteiger partial charge in [-0.25, -0.2) is 0 Å². The summed E-state index contributed by atoms with van der Waals surface area (Å²) in [6.07, 6.45) is 0.268. The second-order valence-electron chi connectivity index (χ2n) is 4.31. The van der Waals surface area contributed by atoms with Crippen LogP contribution in [0.2, 0.25) is 0 Å². The maximum absolute atomic E-state index is 11.3. The van der Waals surface area contributed by atoms with Gasteiger partial charge in [-0.2, -0.15) is 0 Å². The molecule has 19 heavy (non-hydrogen) atoms. The van der Waals surface area contributed by atoms with Gasteiger partial charge in [0.05, 0.1) is 20.1 Å². The number of aliphatic hydroxyl groups excluding tert-OH is 1. The van der Waals surface area contributed by atoms with Crippen LogP contribution >= 0.6 is 0 Å². The number of aliphatic hydroxyl groups is 1. The molecule has 0 fully saturated rings. The molecule has 0 spiro atoms. The number of carbonyl (C=O) groups excluding carboxylic acids is 1. The zero-order chi connectivity index (χ0) is 13.7. The fourth-order valence-corrected chi connectivity index (χ4v) is 1.95. The molecule has 0 aliphatic rings. The molecule has 3 nitrogen and oxygen atoms in total. The SMILES string of the molecule is COC(=O)Cc1cccc(-c2cccc(CO)c2)c1. The van der Waals surface area contributed by atoms with E-state index in [2.05, 4.69) is 4.74 Å². The highest BCUT2D eigenvalue weighted by Gasteiger charge is 2.05. The molecule has 0 aliphatic carbocycles. The van der Waals surface area contributed by atoms with E-state index in [0.717, 1.165) is 22.3 Å². The Labute approximate surface area is 112 Å². The van der Waals surface area contributed by atoms with E-state index < -0.39 is 0 Å². The van der Waals surface area contributed by atoms with Gasteiger partial charge in [-0.1, -0.05) is 42.5 Å². The van der Waals surface area contributed by atoms with Crippen LogP contribution < -0.4 is 0 Å². The lowest BCUT2D eigenvalue weighted by Crippen LogP contribution is -2.04. The van der Waals surface area contributed by atoms with Crippen molar-refractivity contribution < 1.29 is 14.6 Å². The second-order valence-corrected chi connectivity index (χ2v) is 4.31. The molecule has 0 unspecified atom stereocenters. The summed E-state index contributed by atoms with van der Waals surface area (Å²) in [6.45, 7) is 0.0235. The number of esters is 1. The average molecular weight is 256 g/mol. The highest BCUT2D eigenvalue weighted by atomic mass is 16.5. The highest BCUT2D eigenvalue weighted by molar-refractivity contribution is 5.74. The van der Waals surface area contributed by atoms with Gasteiger partial charge in [0.1, 0.15) is 0 Å². The van der Waals surface area contributed by atoms with E-state index in [0.29, 0.717) is 0 Å². The molecule has 0 bridgehead atoms. The predicted octanol–water partition coefficient (Wildman–Crippen LogP) is 2.56. The molecule has 0 heterocycles. The van der Waals surface area contributed by atoms with Gasteiger partial charge < -0.3 is 9.84 Å². The monoisotopic (exact) mass is 256 g/mol. The Morgan fingerprint density at radius 1 is 1.05 bits per heavy atom. The number of carbonyl (C=O) groups is 1. The summed E-state index contributed by atoms with van der Waals surface area (Å²) in [5, 5.41) is 9.15. The van der Waals surface area contributed by atoms with Crippen LogP contribution in [0.3, 0.4) is 0 Å². The van der Waals surface area contributed by atoms with E-state index in [1.54, 1.807) is 0 Å². The van der Waals surface area contributed by atoms with Gasteiger partial charge in [0.15, 0.2) is 0 Å². The molecule has 3 heteroatoms. The summed E-state index contributed by atoms with van der Waals surface area (Å²) in [5.74, 6) is -0.249. The predicted molar refractivity (Wildman–Crippen MR) is 73.5 cm³/mol. The Hall–Kier alpha value is -2.13. The number of methoxy groups -OCH3 is 1. The van der Waals surface area contributed by atoms with E-state index in [4.69, 9.17) is 5.11 Å². The van der Waals surface area contributed by atoms with E-state index >= 15 is 0 Å². The molecule has 0 aliphatic heterocycles. The third-order valence-electron chi connectivity index (χ3n) is 2.95. The van der Waals surface area contributed by atoms with Crippen molar-refractivity contribution >= 4 is 5.97 Å². The van der Waals surface area contributed by atoms with Gasteiger partial charge in [-0.05, 0) is 28.3 Å². The van der Waals surface area contributed by atoms with Crippen molar-refractivity contribution in [1.82, 2.24) is 0 Å². The Kier molecular flexibility index (Phi) is 4.31. The first-order valence-corrected chi connectivity index (χ1v) is 6.09. The third kappa shape index (κ3) is 3.42. The molecule has 0 radical (unpaired) electrons. The smallest absolute Gasteiger partial charge is 0.309 e. The lowest BCUT2D eigenvalue weighted by Gasteiger charge is -2.06. The quantitative estimate of drug-likeness (QED) is 0.855. The summed E-state index contributed by atoms with van der Waals surface area (Å²) >= 11 is 0. The molecule has 2 rings (SSSR count). The van der Waals surface area contributed by atoms with E-state index in [1.807, 2.05) is 48.5 Å². The lowest BCUT2D eigenvalue weighted by atomic mass is 10.0. The normalized spacial score (nSPS) is 10.2. The Bertz CT molecular complexity index is 576. The molecule has 98 valence electrons. The van der Waals surface area contributed by atoms with Crippen molar-refractivity contribution in [2.45, 2.75) is 13.0 Å². The number of rotatable bonds is 4. The molecule has 2 aromatic carbocycles. The first kappa shape index (κ1) is 13.3. The van der Waals surface area contributed by atoms with Gasteiger partial charge >= 0.3 is 5.97 Å². The van der Waals surface area contributed by atoms with E-state index in [9.17, 15) is 4.79 Å². The van der Waals surface area contributed by atoms with Crippen molar-refractivity contribution in [3.8, 4) is 11.1 Å². The maximum atomic E-state index is 11.3. The number of hydrogen-bond acceptors (Lipinski definition) is 3. The van der Waals surface area contributed by atoms with Crippen LogP contribution in [0, 0.1) is 0 Å². The number of ether oxygens (including phenoxy) is 1. The molecule has 2 aromatic rings. The zero-order valence-corrected chi connectivity index (χ0v) is 10.8. The van der Waals surface area contributed by atoms with Crippen LogP contribution in [0.15, 0.2) is 48.5 Å². The standard InChI is InChI=1S/C16H16O3/c1-19-16(18)10-12-4-2-6-14(8-12)15-7-3-5-13(9-15)11-17/h2-9,17H,10-11H2,1H3. The van der Waals surface area contributed by atoms with E-state index in [1.165, 1.54) is 7.11 Å². The number of hydrogen-bond donors (Lipinski definition) is 1. The number of benzene rings is 2. The van der Waals surface area contributed by atoms with Crippen molar-refractivity contribution in [3.05, 3.63) is 59.7 Å². The topological polar surface area (TPSA) is 46.5 Å². The van der Waals surface area contributed by atoms with Gasteiger partial charge in [-0.3, -0.25) is 4.79 Å². The summed E-state index contributed by atoms with van der Waals surface area (Å²) in [7, 11) is 1.39. The molecule has 0 atom stereocenters. The molecule has 0 saturated carbocycles. The zero-order valence-electron chi connectivity index (χ0n) is 10.8. The van der Waals surface area contributed by atoms with E-state index in [-0.39, 0.29) is 19.0 Å². The Morgan fingerprint density at radius 3 is 2.21 bits per heavy atom. The molecule has 0 amide bonds. The highest BCUT2D eigenvalue weighted by Crippen LogP contribution is 2.22. The fourth-order valence-electron chi connectivity index (χ4n) is 1.95. The molecule has 1 N–H and O–H groups in total. The van der Waals surface area contributed by atoms with Crippen LogP contribution in [0.5, 0.6) is 0 Å². The molecular weight excluding hydrogens is 240 g/mol. The summed E-state index contributed by atoms with van der Waals surface area (Å²) < 4.78 is 4.66. The molecule has 0 saturated heterocycles. The summed E-state index contributed by atoms with van der Waals surface area (Å²) in [6, 6.07) is 15.5. The van der Waals surface area contributed by atoms with Crippen molar-refractivity contribution in [3.63, 3.8) is 0 Å². The first-order chi connectivity index (χ1) is 9.22. The van der Waals surface area contributed by atoms with Crippen LogP contribution in [0.25, 0.3) is 11.1 Å². The Balaban J connectivity index is 2.29. The molecule has 0 aromatic heterocycles. The van der Waals surface area contributed by atoms with Gasteiger partial charge in [0.25, 0.3) is 0 Å². The largest absolute Gasteiger partial charge is 0.469 e. The van der Waals surface area contributed by atoms with Crippen LogP contribution in [-0.2, 0) is 22.6 Å². The first-order valence-electron chi connectivity index (χ1n) is 6.09. The minimum Gasteiger partial charge on any atom is -0.469 e. The summed E-state index contributed by atoms with van der Waals surface area (Å²) in [5.41, 5.74) is 3.84. The van der Waals surface area contributed by atoms with Crippen molar-refractivity contribution in [2.75, 3.05) is 7.11 Å². The minimum absolute atomic E-state index is 0.0235. The van der Waals surface area contributed by atoms with Gasteiger partial charge in [-0.15, -0.1) is 0 Å². The maximum Gasteiger partial charge on any atom is 0.309 e. The van der Waals surface area contributed by atoms with Gasteiger partial charge in [0.2, 0.25) is 0 Å². The third-order valence-corrected chi connectivity index (χ3v) is 2.95. The summed E-state index contributed by atoms with van der Waals surface area (Å²) in [4.78, 5) is 11.3. The van der Waals surface area contributed by atoms with Crippen LogP contribution in [0.1, 0.15) is 11.1 Å². The van der Waals surface area contributed by atoms with Crippen molar-refractivity contribution in [2.24, 2.45) is 0 Å². The van der Waals surface area contributed by atoms with Crippen molar-refractivity contribution in [1.29, 1.82) is 0 Å². The molecular formula is C16H16O3. The fraction of sp³-hybridized carbons (Fsp3) is 0.188. The van der Waals surface area contributed by atoms with Gasteiger partial charge in [0, 0.05) is 0 Å². The van der Waals surface area contributed by atoms with Crippen LogP contribution in [0.4, 0.5) is 0 Å². The van der Waals surface area contributed by atoms with Crippen LogP contribution in [-0.4, -0.2) is 18.2 Å². The Morgan fingerprint density at radius 2 is 1.63 bits per heavy atom. The lowest BCUT2D eigenvalue weighted by molar-refractivity contribution is -0.139. The minimum atomic E-state index is -0.249. The second kappa shape index (κ2) is 6.16.